The summed E-state index contributed by atoms with van der Waals surface area (Å²) in [5.74, 6) is 0.880. The fourth-order valence-corrected chi connectivity index (χ4v) is 3.00. The monoisotopic (exact) mass is 288 g/mol. The maximum atomic E-state index is 12.1. The van der Waals surface area contributed by atoms with Gasteiger partial charge in [0.1, 0.15) is 5.75 Å². The van der Waals surface area contributed by atoms with Crippen molar-refractivity contribution in [3.8, 4) is 5.75 Å². The summed E-state index contributed by atoms with van der Waals surface area (Å²) in [6.07, 6.45) is 1.14. The first kappa shape index (κ1) is 13.1. The van der Waals surface area contributed by atoms with Crippen molar-refractivity contribution in [2.75, 3.05) is 6.61 Å². The molecule has 0 radical (unpaired) electrons. The Morgan fingerprint density at radius 1 is 1.50 bits per heavy atom. The van der Waals surface area contributed by atoms with E-state index >= 15 is 0 Å². The Bertz CT molecular complexity index is 624. The molecule has 104 valence electrons. The van der Waals surface area contributed by atoms with Gasteiger partial charge in [-0.2, -0.15) is 0 Å². The van der Waals surface area contributed by atoms with Crippen LogP contribution in [0.5, 0.6) is 5.75 Å². The Morgan fingerprint density at radius 3 is 3.15 bits per heavy atom. The summed E-state index contributed by atoms with van der Waals surface area (Å²) in [5.41, 5.74) is 1.90. The van der Waals surface area contributed by atoms with E-state index in [1.807, 2.05) is 36.6 Å². The van der Waals surface area contributed by atoms with Crippen LogP contribution in [0.4, 0.5) is 0 Å². The van der Waals surface area contributed by atoms with E-state index in [1.54, 1.807) is 11.3 Å². The van der Waals surface area contributed by atoms with Gasteiger partial charge in [0.05, 0.1) is 29.8 Å². The molecule has 2 heterocycles. The van der Waals surface area contributed by atoms with Crippen LogP contribution >= 0.6 is 11.3 Å². The Balaban J connectivity index is 1.68. The number of rotatable bonds is 3. The number of ether oxygens (including phenoxy) is 1. The Labute approximate surface area is 121 Å². The standard InChI is InChI=1S/C15H16N2O2S/c1-10-16-11(9-20-10)8-15(18)17-13-6-7-19-14-5-3-2-4-12(13)14/h2-5,9,13H,6-8H2,1H3,(H,17,18)/t13-/m1/s1. The number of nitrogens with zero attached hydrogens (tertiary/aromatic N) is 1. The van der Waals surface area contributed by atoms with Gasteiger partial charge in [0.15, 0.2) is 0 Å². The summed E-state index contributed by atoms with van der Waals surface area (Å²) >= 11 is 1.57. The van der Waals surface area contributed by atoms with Gasteiger partial charge in [-0.15, -0.1) is 11.3 Å². The number of nitrogens with one attached hydrogen (secondary N) is 1. The number of amides is 1. The second-order valence-electron chi connectivity index (χ2n) is 4.83. The van der Waals surface area contributed by atoms with Gasteiger partial charge in [-0.05, 0) is 13.0 Å². The minimum atomic E-state index is 0.0111. The SMILES string of the molecule is Cc1nc(CC(=O)N[C@@H]2CCOc3ccccc32)cs1. The van der Waals surface area contributed by atoms with Crippen LogP contribution in [-0.4, -0.2) is 17.5 Å². The number of para-hydroxylation sites is 1. The third-order valence-corrected chi connectivity index (χ3v) is 4.12. The van der Waals surface area contributed by atoms with Crippen molar-refractivity contribution in [1.29, 1.82) is 0 Å². The van der Waals surface area contributed by atoms with Gasteiger partial charge < -0.3 is 10.1 Å². The zero-order valence-electron chi connectivity index (χ0n) is 11.3. The second-order valence-corrected chi connectivity index (χ2v) is 5.89. The topological polar surface area (TPSA) is 51.2 Å². The molecule has 1 N–H and O–H groups in total. The lowest BCUT2D eigenvalue weighted by atomic mass is 10.0. The molecule has 0 spiro atoms. The number of thiazole rings is 1. The summed E-state index contributed by atoms with van der Waals surface area (Å²) < 4.78 is 5.59. The van der Waals surface area contributed by atoms with Gasteiger partial charge in [-0.1, -0.05) is 18.2 Å². The molecule has 2 aromatic rings. The highest BCUT2D eigenvalue weighted by atomic mass is 32.1. The van der Waals surface area contributed by atoms with E-state index < -0.39 is 0 Å². The Hall–Kier alpha value is -1.88. The molecule has 0 saturated carbocycles. The molecule has 1 aliphatic heterocycles. The van der Waals surface area contributed by atoms with Crippen LogP contribution in [0.3, 0.4) is 0 Å². The third-order valence-electron chi connectivity index (χ3n) is 3.30. The van der Waals surface area contributed by atoms with E-state index in [2.05, 4.69) is 10.3 Å². The average molecular weight is 288 g/mol. The highest BCUT2D eigenvalue weighted by molar-refractivity contribution is 7.09. The molecule has 0 bridgehead atoms. The highest BCUT2D eigenvalue weighted by Crippen LogP contribution is 2.31. The first-order chi connectivity index (χ1) is 9.72. The molecule has 1 aromatic carbocycles. The molecule has 3 rings (SSSR count). The molecule has 20 heavy (non-hydrogen) atoms. The largest absolute Gasteiger partial charge is 0.493 e. The number of hydrogen-bond donors (Lipinski definition) is 1. The molecule has 0 unspecified atom stereocenters. The maximum Gasteiger partial charge on any atom is 0.226 e. The van der Waals surface area contributed by atoms with Gasteiger partial charge in [-0.25, -0.2) is 4.98 Å². The lowest BCUT2D eigenvalue weighted by Crippen LogP contribution is -2.33. The normalized spacial score (nSPS) is 17.1. The van der Waals surface area contributed by atoms with Crippen molar-refractivity contribution < 1.29 is 9.53 Å². The first-order valence-corrected chi connectivity index (χ1v) is 7.52. The van der Waals surface area contributed by atoms with Gasteiger partial charge in [0.25, 0.3) is 0 Å². The van der Waals surface area contributed by atoms with E-state index in [-0.39, 0.29) is 11.9 Å². The van der Waals surface area contributed by atoms with Crippen LogP contribution in [0.2, 0.25) is 0 Å². The van der Waals surface area contributed by atoms with Crippen LogP contribution in [0.1, 0.15) is 28.7 Å². The summed E-state index contributed by atoms with van der Waals surface area (Å²) in [7, 11) is 0. The quantitative estimate of drug-likeness (QED) is 0.944. The number of aryl methyl sites for hydroxylation is 1. The van der Waals surface area contributed by atoms with E-state index in [9.17, 15) is 4.79 Å². The van der Waals surface area contributed by atoms with E-state index in [1.165, 1.54) is 0 Å². The minimum absolute atomic E-state index is 0.0111. The van der Waals surface area contributed by atoms with Crippen molar-refractivity contribution in [3.05, 3.63) is 45.9 Å². The third kappa shape index (κ3) is 2.82. The number of aromatic nitrogens is 1. The zero-order valence-corrected chi connectivity index (χ0v) is 12.1. The second kappa shape index (κ2) is 5.63. The molecule has 4 nitrogen and oxygen atoms in total. The van der Waals surface area contributed by atoms with E-state index in [4.69, 9.17) is 4.74 Å². The lowest BCUT2D eigenvalue weighted by Gasteiger charge is -2.26. The van der Waals surface area contributed by atoms with Crippen molar-refractivity contribution in [2.24, 2.45) is 0 Å². The first-order valence-electron chi connectivity index (χ1n) is 6.64. The number of hydrogen-bond acceptors (Lipinski definition) is 4. The molecule has 0 fully saturated rings. The molecule has 0 aliphatic carbocycles. The summed E-state index contributed by atoms with van der Waals surface area (Å²) in [5, 5.41) is 6.01. The minimum Gasteiger partial charge on any atom is -0.493 e. The molecule has 5 heteroatoms. The van der Waals surface area contributed by atoms with Gasteiger partial charge >= 0.3 is 0 Å². The number of fused-ring (bicyclic) bond motifs is 1. The molecule has 1 aliphatic rings. The molecular weight excluding hydrogens is 272 g/mol. The van der Waals surface area contributed by atoms with E-state index in [0.717, 1.165) is 28.4 Å². The number of carbonyl (C=O) groups excluding carboxylic acids is 1. The average Bonchev–Trinajstić information content (AvgIpc) is 2.84. The predicted molar refractivity (Wildman–Crippen MR) is 78.0 cm³/mol. The van der Waals surface area contributed by atoms with Gasteiger partial charge in [0.2, 0.25) is 5.91 Å². The highest BCUT2D eigenvalue weighted by Gasteiger charge is 2.22. The van der Waals surface area contributed by atoms with Gasteiger partial charge in [0, 0.05) is 17.4 Å². The van der Waals surface area contributed by atoms with Crippen molar-refractivity contribution in [1.82, 2.24) is 10.3 Å². The number of carbonyl (C=O) groups is 1. The zero-order chi connectivity index (χ0) is 13.9. The van der Waals surface area contributed by atoms with Crippen LogP contribution in [0.15, 0.2) is 29.6 Å². The van der Waals surface area contributed by atoms with Crippen molar-refractivity contribution in [2.45, 2.75) is 25.8 Å². The Morgan fingerprint density at radius 2 is 2.35 bits per heavy atom. The molecule has 1 atom stereocenters. The summed E-state index contributed by atoms with van der Waals surface area (Å²) in [6.45, 7) is 2.58. The fourth-order valence-electron chi connectivity index (χ4n) is 2.39. The maximum absolute atomic E-state index is 12.1. The molecule has 1 aromatic heterocycles. The van der Waals surface area contributed by atoms with Crippen molar-refractivity contribution >= 4 is 17.2 Å². The van der Waals surface area contributed by atoms with Crippen molar-refractivity contribution in [3.63, 3.8) is 0 Å². The summed E-state index contributed by atoms with van der Waals surface area (Å²) in [6, 6.07) is 7.90. The van der Waals surface area contributed by atoms with E-state index in [0.29, 0.717) is 13.0 Å². The molecule has 1 amide bonds. The van der Waals surface area contributed by atoms with Gasteiger partial charge in [-0.3, -0.25) is 4.79 Å². The number of benzene rings is 1. The fraction of sp³-hybridized carbons (Fsp3) is 0.333. The van der Waals surface area contributed by atoms with Crippen LogP contribution in [-0.2, 0) is 11.2 Å². The molecule has 0 saturated heterocycles. The van der Waals surface area contributed by atoms with Crippen LogP contribution in [0, 0.1) is 6.92 Å². The van der Waals surface area contributed by atoms with Crippen LogP contribution < -0.4 is 10.1 Å². The Kier molecular flexibility index (Phi) is 3.69. The predicted octanol–water partition coefficient (Wildman–Crippen LogP) is 2.63. The lowest BCUT2D eigenvalue weighted by molar-refractivity contribution is -0.121. The van der Waals surface area contributed by atoms with Crippen LogP contribution in [0.25, 0.3) is 0 Å². The summed E-state index contributed by atoms with van der Waals surface area (Å²) in [4.78, 5) is 16.4. The molecular formula is C15H16N2O2S. The smallest absolute Gasteiger partial charge is 0.226 e.